The van der Waals surface area contributed by atoms with Gasteiger partial charge in [0.25, 0.3) is 0 Å². The molecule has 2 atom stereocenters. The summed E-state index contributed by atoms with van der Waals surface area (Å²) in [6.07, 6.45) is 0. The lowest BCUT2D eigenvalue weighted by Crippen LogP contribution is -2.62. The first-order valence-electron chi connectivity index (χ1n) is 13.1. The molecule has 0 fully saturated rings. The molecule has 0 aliphatic heterocycles. The molecule has 188 valence electrons. The van der Waals surface area contributed by atoms with E-state index in [0.29, 0.717) is 11.8 Å². The molecule has 0 aliphatic rings. The summed E-state index contributed by atoms with van der Waals surface area (Å²) in [6, 6.07) is 2.51. The van der Waals surface area contributed by atoms with Gasteiger partial charge in [0.1, 0.15) is 8.24 Å². The molecule has 0 aromatic rings. The van der Waals surface area contributed by atoms with Crippen LogP contribution in [0.1, 0.15) is 69.2 Å². The first-order valence-corrected chi connectivity index (χ1v) is 21.5. The maximum atomic E-state index is 6.20. The number of nitrogens with zero attached hydrogens (tertiary/aromatic N) is 1. The third-order valence-corrected chi connectivity index (χ3v) is 19.6. The molecular weight excluding hydrogens is 431 g/mol. The fraction of sp³-hybridized carbons (Fsp3) is 1.00. The van der Waals surface area contributed by atoms with E-state index in [1.807, 2.05) is 0 Å². The van der Waals surface area contributed by atoms with Crippen molar-refractivity contribution in [3.8, 4) is 0 Å². The second-order valence-electron chi connectivity index (χ2n) is 12.3. The predicted octanol–water partition coefficient (Wildman–Crippen LogP) is 8.22. The molecule has 6 heteroatoms. The molecule has 0 aromatic carbocycles. The third kappa shape index (κ3) is 9.73. The van der Waals surface area contributed by atoms with Crippen LogP contribution in [0.3, 0.4) is 0 Å². The van der Waals surface area contributed by atoms with Crippen molar-refractivity contribution in [3.63, 3.8) is 0 Å². The van der Waals surface area contributed by atoms with Crippen molar-refractivity contribution in [1.29, 1.82) is 0 Å². The summed E-state index contributed by atoms with van der Waals surface area (Å²) in [6.45, 7) is 38.0. The highest BCUT2D eigenvalue weighted by molar-refractivity contribution is 6.81. The minimum Gasteiger partial charge on any atom is -0.418 e. The quantitative estimate of drug-likeness (QED) is 0.204. The van der Waals surface area contributed by atoms with Crippen LogP contribution in [0, 0.1) is 11.8 Å². The van der Waals surface area contributed by atoms with Crippen molar-refractivity contribution in [2.24, 2.45) is 11.8 Å². The van der Waals surface area contributed by atoms with E-state index in [1.165, 1.54) is 25.2 Å². The molecule has 0 saturated carbocycles. The Labute approximate surface area is 200 Å². The van der Waals surface area contributed by atoms with Crippen LogP contribution in [0.2, 0.25) is 54.9 Å². The Morgan fingerprint density at radius 3 is 1.10 bits per heavy atom. The first kappa shape index (κ1) is 31.5. The molecule has 0 aromatic heterocycles. The van der Waals surface area contributed by atoms with E-state index in [9.17, 15) is 0 Å². The van der Waals surface area contributed by atoms with Gasteiger partial charge in [-0.25, -0.2) is 0 Å². The van der Waals surface area contributed by atoms with Gasteiger partial charge in [-0.15, -0.1) is 0 Å². The van der Waals surface area contributed by atoms with Gasteiger partial charge in [-0.3, -0.25) is 0 Å². The van der Waals surface area contributed by atoms with Crippen LogP contribution in [0.5, 0.6) is 0 Å². The van der Waals surface area contributed by atoms with Gasteiger partial charge in [0.2, 0.25) is 0 Å². The van der Waals surface area contributed by atoms with Crippen LogP contribution in [0.15, 0.2) is 0 Å². The maximum Gasteiger partial charge on any atom is 0.187 e. The smallest absolute Gasteiger partial charge is 0.187 e. The Hall–Kier alpha value is 0.531. The van der Waals surface area contributed by atoms with Gasteiger partial charge in [0.15, 0.2) is 16.6 Å². The van der Waals surface area contributed by atoms with E-state index >= 15 is 0 Å². The SMILES string of the molecule is CCO[Si](C)(C)CC(C)CN(CC(C)C[Si](C)(C)OCC)[Si](C(C)C)(C(C)C)C(C)C. The van der Waals surface area contributed by atoms with Crippen molar-refractivity contribution >= 4 is 24.9 Å². The normalized spacial score (nSPS) is 16.1. The summed E-state index contributed by atoms with van der Waals surface area (Å²) in [5.74, 6) is 1.36. The Kier molecular flexibility index (Phi) is 13.7. The molecular formula is C25H59NO2Si3. The Morgan fingerprint density at radius 2 is 0.871 bits per heavy atom. The number of hydrogen-bond donors (Lipinski definition) is 0. The molecule has 0 rings (SSSR count). The van der Waals surface area contributed by atoms with Gasteiger partial charge in [-0.05, 0) is 93.7 Å². The molecule has 0 saturated heterocycles. The topological polar surface area (TPSA) is 21.7 Å². The molecule has 0 heterocycles. The molecule has 0 aliphatic carbocycles. The first-order chi connectivity index (χ1) is 14.1. The average Bonchev–Trinajstić information content (AvgIpc) is 2.52. The van der Waals surface area contributed by atoms with E-state index < -0.39 is 24.9 Å². The fourth-order valence-electron chi connectivity index (χ4n) is 6.95. The van der Waals surface area contributed by atoms with E-state index in [0.717, 1.165) is 29.8 Å². The third-order valence-electron chi connectivity index (χ3n) is 7.14. The zero-order valence-electron chi connectivity index (χ0n) is 23.9. The van der Waals surface area contributed by atoms with E-state index in [1.54, 1.807) is 0 Å². The monoisotopic (exact) mass is 489 g/mol. The molecule has 0 amide bonds. The Bertz CT molecular complexity index is 445. The standard InChI is InChI=1S/C25H59NO2Si3/c1-15-27-29(11,12)19-24(9)17-26(18-25(10)20-30(13,14)28-16-2)31(21(3)4,22(5)6)23(7)8/h21-25H,15-20H2,1-14H3. The maximum absolute atomic E-state index is 6.20. The molecule has 0 bridgehead atoms. The van der Waals surface area contributed by atoms with E-state index in [2.05, 4.69) is 100.0 Å². The Morgan fingerprint density at radius 1 is 0.581 bits per heavy atom. The van der Waals surface area contributed by atoms with Crippen molar-refractivity contribution < 1.29 is 8.85 Å². The van der Waals surface area contributed by atoms with Crippen LogP contribution in [-0.4, -0.2) is 55.7 Å². The van der Waals surface area contributed by atoms with Crippen molar-refractivity contribution in [1.82, 2.24) is 4.57 Å². The molecule has 3 nitrogen and oxygen atoms in total. The number of rotatable bonds is 16. The van der Waals surface area contributed by atoms with Gasteiger partial charge in [0.05, 0.1) is 0 Å². The van der Waals surface area contributed by atoms with E-state index in [4.69, 9.17) is 8.85 Å². The molecule has 0 N–H and O–H groups in total. The van der Waals surface area contributed by atoms with Crippen molar-refractivity contribution in [2.75, 3.05) is 26.3 Å². The summed E-state index contributed by atoms with van der Waals surface area (Å²) in [7, 11) is -4.86. The highest BCUT2D eigenvalue weighted by Gasteiger charge is 2.48. The lowest BCUT2D eigenvalue weighted by Gasteiger charge is -2.53. The predicted molar refractivity (Wildman–Crippen MR) is 149 cm³/mol. The largest absolute Gasteiger partial charge is 0.418 e. The van der Waals surface area contributed by atoms with Crippen LogP contribution >= 0.6 is 0 Å². The van der Waals surface area contributed by atoms with Crippen LogP contribution in [0.4, 0.5) is 0 Å². The van der Waals surface area contributed by atoms with Crippen molar-refractivity contribution in [2.45, 2.75) is 124 Å². The van der Waals surface area contributed by atoms with Crippen LogP contribution < -0.4 is 0 Å². The van der Waals surface area contributed by atoms with Gasteiger partial charge in [0, 0.05) is 13.2 Å². The zero-order chi connectivity index (χ0) is 24.6. The van der Waals surface area contributed by atoms with Gasteiger partial charge in [-0.1, -0.05) is 55.4 Å². The lowest BCUT2D eigenvalue weighted by atomic mass is 10.2. The molecule has 0 spiro atoms. The minimum atomic E-state index is -1.69. The summed E-state index contributed by atoms with van der Waals surface area (Å²) in [5, 5.41) is 0. The second kappa shape index (κ2) is 13.4. The molecule has 31 heavy (non-hydrogen) atoms. The number of hydrogen-bond acceptors (Lipinski definition) is 3. The van der Waals surface area contributed by atoms with E-state index in [-0.39, 0.29) is 0 Å². The zero-order valence-corrected chi connectivity index (χ0v) is 26.9. The van der Waals surface area contributed by atoms with Gasteiger partial charge in [-0.2, -0.15) is 0 Å². The summed E-state index contributed by atoms with van der Waals surface area (Å²) in [4.78, 5) is 0. The summed E-state index contributed by atoms with van der Waals surface area (Å²) in [5.41, 5.74) is 2.25. The lowest BCUT2D eigenvalue weighted by molar-refractivity contribution is 0.283. The molecule has 0 radical (unpaired) electrons. The fourth-order valence-corrected chi connectivity index (χ4v) is 19.8. The average molecular weight is 490 g/mol. The highest BCUT2D eigenvalue weighted by atomic mass is 28.4. The Balaban J connectivity index is 5.90. The van der Waals surface area contributed by atoms with Gasteiger partial charge >= 0.3 is 0 Å². The van der Waals surface area contributed by atoms with Gasteiger partial charge < -0.3 is 13.4 Å². The van der Waals surface area contributed by atoms with Crippen LogP contribution in [0.25, 0.3) is 0 Å². The summed E-state index contributed by atoms with van der Waals surface area (Å²) >= 11 is 0. The highest BCUT2D eigenvalue weighted by Crippen LogP contribution is 2.45. The van der Waals surface area contributed by atoms with Crippen molar-refractivity contribution in [3.05, 3.63) is 0 Å². The van der Waals surface area contributed by atoms with Crippen LogP contribution in [-0.2, 0) is 8.85 Å². The minimum absolute atomic E-state index is 0.681. The molecule has 2 unspecified atom stereocenters. The summed E-state index contributed by atoms with van der Waals surface area (Å²) < 4.78 is 15.5. The second-order valence-corrected chi connectivity index (χ2v) is 26.6.